The van der Waals surface area contributed by atoms with Gasteiger partial charge in [-0.15, -0.1) is 0 Å². The average Bonchev–Trinajstić information content (AvgIpc) is 1.94. The Hall–Kier alpha value is -0.120. The van der Waals surface area contributed by atoms with Gasteiger partial charge in [-0.1, -0.05) is 34.8 Å². The van der Waals surface area contributed by atoms with Crippen LogP contribution in [0.15, 0.2) is 0 Å². The van der Waals surface area contributed by atoms with Crippen molar-refractivity contribution in [3.63, 3.8) is 0 Å². The van der Waals surface area contributed by atoms with Crippen LogP contribution in [0.25, 0.3) is 0 Å². The third-order valence-electron chi connectivity index (χ3n) is 0.858. The van der Waals surface area contributed by atoms with Gasteiger partial charge >= 0.3 is 0 Å². The van der Waals surface area contributed by atoms with E-state index in [4.69, 9.17) is 34.8 Å². The van der Waals surface area contributed by atoms with Crippen LogP contribution < -0.4 is 0 Å². The van der Waals surface area contributed by atoms with Crippen molar-refractivity contribution >= 4 is 34.8 Å². The molecule has 11 heavy (non-hydrogen) atoms. The van der Waals surface area contributed by atoms with Crippen molar-refractivity contribution in [1.29, 1.82) is 0 Å². The highest BCUT2D eigenvalue weighted by molar-refractivity contribution is 6.43. The third kappa shape index (κ3) is 2.15. The van der Waals surface area contributed by atoms with Crippen LogP contribution >= 0.6 is 34.8 Å². The van der Waals surface area contributed by atoms with Crippen LogP contribution in [0.4, 0.5) is 4.39 Å². The topological polar surface area (TPSA) is 25.8 Å². The first-order chi connectivity index (χ1) is 5.11. The first-order valence-electron chi connectivity index (χ1n) is 2.50. The molecule has 0 spiro atoms. The number of aromatic nitrogens is 2. The highest BCUT2D eigenvalue weighted by Gasteiger charge is 2.10. The Bertz CT molecular complexity index is 266. The first-order valence-corrected chi connectivity index (χ1v) is 3.75. The minimum atomic E-state index is -0.960. The highest BCUT2D eigenvalue weighted by atomic mass is 35.5. The molecule has 0 unspecified atom stereocenters. The maximum Gasteiger partial charge on any atom is 0.235 e. The molecule has 1 radical (unpaired) electrons. The maximum absolute atomic E-state index is 12.5. The molecule has 1 rings (SSSR count). The van der Waals surface area contributed by atoms with Crippen LogP contribution in [0.3, 0.4) is 0 Å². The Morgan fingerprint density at radius 3 is 2.55 bits per heavy atom. The zero-order valence-electron chi connectivity index (χ0n) is 4.98. The molecule has 0 aliphatic rings. The van der Waals surface area contributed by atoms with Crippen molar-refractivity contribution in [2.45, 2.75) is 4.84 Å². The molecule has 1 aromatic rings. The number of nitrogens with zero attached hydrogens (tertiary/aromatic N) is 2. The Kier molecular flexibility index (Phi) is 2.87. The number of alkyl halides is 2. The standard InChI is InChI=1S/C5HCl3FN2/c6-2-1-10-5(3(7)8)11-4(2)9/h3H. The predicted molar refractivity (Wildman–Crippen MR) is 40.3 cm³/mol. The van der Waals surface area contributed by atoms with Gasteiger partial charge in [0.15, 0.2) is 10.7 Å². The smallest absolute Gasteiger partial charge is 0.226 e. The van der Waals surface area contributed by atoms with Crippen molar-refractivity contribution < 1.29 is 4.39 Å². The van der Waals surface area contributed by atoms with E-state index < -0.39 is 10.8 Å². The molecule has 0 N–H and O–H groups in total. The van der Waals surface area contributed by atoms with Gasteiger partial charge in [0.05, 0.1) is 0 Å². The summed E-state index contributed by atoms with van der Waals surface area (Å²) in [6.07, 6.45) is 2.16. The lowest BCUT2D eigenvalue weighted by Gasteiger charge is -1.98. The van der Waals surface area contributed by atoms with E-state index in [1.54, 1.807) is 0 Å². The van der Waals surface area contributed by atoms with Gasteiger partial charge in [0.1, 0.15) is 11.2 Å². The zero-order chi connectivity index (χ0) is 8.43. The molecule has 0 aliphatic heterocycles. The van der Waals surface area contributed by atoms with Crippen molar-refractivity contribution in [2.24, 2.45) is 0 Å². The second-order valence-corrected chi connectivity index (χ2v) is 3.07. The van der Waals surface area contributed by atoms with Gasteiger partial charge in [-0.2, -0.15) is 4.39 Å². The van der Waals surface area contributed by atoms with Gasteiger partial charge in [-0.05, 0) is 0 Å². The van der Waals surface area contributed by atoms with Crippen LogP contribution in [-0.4, -0.2) is 9.97 Å². The molecule has 0 bridgehead atoms. The minimum absolute atomic E-state index is 0.0461. The maximum atomic E-state index is 12.5. The molecule has 6 heteroatoms. The normalized spacial score (nSPS) is 10.6. The summed E-state index contributed by atoms with van der Waals surface area (Å²) in [5, 5.41) is -0.275. The summed E-state index contributed by atoms with van der Waals surface area (Å²) < 4.78 is 12.5. The molecule has 1 heterocycles. The second-order valence-electron chi connectivity index (χ2n) is 1.60. The van der Waals surface area contributed by atoms with Gasteiger partial charge in [-0.3, -0.25) is 0 Å². The Morgan fingerprint density at radius 1 is 1.45 bits per heavy atom. The van der Waals surface area contributed by atoms with Crippen molar-refractivity contribution in [1.82, 2.24) is 9.97 Å². The summed E-state index contributed by atoms with van der Waals surface area (Å²) in [7, 11) is 0. The largest absolute Gasteiger partial charge is 0.235 e. The predicted octanol–water partition coefficient (Wildman–Crippen LogP) is 2.55. The average molecular weight is 214 g/mol. The Morgan fingerprint density at radius 2 is 2.09 bits per heavy atom. The third-order valence-corrected chi connectivity index (χ3v) is 1.49. The number of halogens is 4. The lowest BCUT2D eigenvalue weighted by molar-refractivity contribution is 0.572. The fourth-order valence-electron chi connectivity index (χ4n) is 0.425. The molecule has 0 aliphatic carbocycles. The number of hydrogen-bond acceptors (Lipinski definition) is 2. The van der Waals surface area contributed by atoms with Crippen molar-refractivity contribution in [3.05, 3.63) is 23.0 Å². The fraction of sp³-hybridized carbons (Fsp3) is 0.200. The molecule has 0 saturated heterocycles. The first kappa shape index (κ1) is 8.97. The summed E-state index contributed by atoms with van der Waals surface area (Å²) in [5.74, 6) is -0.918. The van der Waals surface area contributed by atoms with E-state index in [0.29, 0.717) is 0 Å². The van der Waals surface area contributed by atoms with Crippen LogP contribution in [0.2, 0.25) is 5.02 Å². The van der Waals surface area contributed by atoms with E-state index >= 15 is 0 Å². The Labute approximate surface area is 77.3 Å². The van der Waals surface area contributed by atoms with Gasteiger partial charge in [0, 0.05) is 0 Å². The van der Waals surface area contributed by atoms with E-state index in [2.05, 4.69) is 16.2 Å². The fourth-order valence-corrected chi connectivity index (χ4v) is 0.704. The van der Waals surface area contributed by atoms with Gasteiger partial charge in [-0.25, -0.2) is 9.97 Å². The van der Waals surface area contributed by atoms with Crippen LogP contribution in [0, 0.1) is 12.1 Å². The molecule has 59 valence electrons. The van der Waals surface area contributed by atoms with Crippen molar-refractivity contribution in [2.75, 3.05) is 0 Å². The molecule has 0 atom stereocenters. The SMILES string of the molecule is Fc1nc(C(Cl)Cl)n[c]c1Cl. The quantitative estimate of drug-likeness (QED) is 0.530. The van der Waals surface area contributed by atoms with Crippen LogP contribution in [0.5, 0.6) is 0 Å². The van der Waals surface area contributed by atoms with Crippen molar-refractivity contribution in [3.8, 4) is 0 Å². The lowest BCUT2D eigenvalue weighted by atomic mass is 10.6. The molecule has 0 amide bonds. The van der Waals surface area contributed by atoms with E-state index in [9.17, 15) is 4.39 Å². The monoisotopic (exact) mass is 213 g/mol. The second kappa shape index (κ2) is 3.52. The summed E-state index contributed by atoms with van der Waals surface area (Å²) in [6.45, 7) is 0. The molecular weight excluding hydrogens is 213 g/mol. The Balaban J connectivity index is 3.05. The van der Waals surface area contributed by atoms with E-state index in [1.165, 1.54) is 0 Å². The van der Waals surface area contributed by atoms with Gasteiger partial charge in [0.25, 0.3) is 0 Å². The van der Waals surface area contributed by atoms with Crippen LogP contribution in [-0.2, 0) is 0 Å². The molecule has 0 saturated carbocycles. The van der Waals surface area contributed by atoms with Gasteiger partial charge in [0.2, 0.25) is 5.95 Å². The summed E-state index contributed by atoms with van der Waals surface area (Å²) >= 11 is 15.9. The summed E-state index contributed by atoms with van der Waals surface area (Å²) in [5.41, 5.74) is 0. The lowest BCUT2D eigenvalue weighted by Crippen LogP contribution is -1.96. The van der Waals surface area contributed by atoms with Crippen LogP contribution in [0.1, 0.15) is 10.7 Å². The van der Waals surface area contributed by atoms with E-state index in [0.717, 1.165) is 0 Å². The number of rotatable bonds is 1. The summed E-state index contributed by atoms with van der Waals surface area (Å²) in [6, 6.07) is 0. The number of hydrogen-bond donors (Lipinski definition) is 0. The molecule has 1 aromatic heterocycles. The molecular formula is C5HCl3FN2. The summed E-state index contributed by atoms with van der Waals surface area (Å²) in [4.78, 5) is 5.77. The van der Waals surface area contributed by atoms with Gasteiger partial charge < -0.3 is 0 Å². The zero-order valence-corrected chi connectivity index (χ0v) is 7.25. The molecule has 0 aromatic carbocycles. The highest BCUT2D eigenvalue weighted by Crippen LogP contribution is 2.21. The minimum Gasteiger partial charge on any atom is -0.226 e. The van der Waals surface area contributed by atoms with E-state index in [-0.39, 0.29) is 10.8 Å². The molecule has 2 nitrogen and oxygen atoms in total. The molecule has 0 fully saturated rings. The van der Waals surface area contributed by atoms with E-state index in [1.807, 2.05) is 0 Å².